The van der Waals surface area contributed by atoms with E-state index in [2.05, 4.69) is 15.8 Å². The number of carbonyl (C=O) groups excluding carboxylic acids is 1. The Hall–Kier alpha value is -1.44. The van der Waals surface area contributed by atoms with Crippen LogP contribution in [0, 0.1) is 0 Å². The molecule has 7 nitrogen and oxygen atoms in total. The Balaban J connectivity index is 1.95. The van der Waals surface area contributed by atoms with Crippen molar-refractivity contribution in [2.24, 2.45) is 0 Å². The van der Waals surface area contributed by atoms with Crippen LogP contribution in [0.2, 0.25) is 0 Å². The van der Waals surface area contributed by atoms with E-state index in [9.17, 15) is 15.0 Å². The molecule has 1 saturated carbocycles. The predicted octanol–water partition coefficient (Wildman–Crippen LogP) is 1.55. The topological polar surface area (TPSA) is 108 Å². The molecule has 0 aromatic carbocycles. The molecule has 136 valence electrons. The molecule has 1 amide bonds. The minimum atomic E-state index is -0.771. The average Bonchev–Trinajstić information content (AvgIpc) is 2.98. The molecular formula is C17H29N3O4. The van der Waals surface area contributed by atoms with Gasteiger partial charge in [0.1, 0.15) is 0 Å². The molecule has 1 fully saturated rings. The van der Waals surface area contributed by atoms with Crippen LogP contribution in [-0.4, -0.2) is 45.6 Å². The summed E-state index contributed by atoms with van der Waals surface area (Å²) in [5, 5.41) is 29.0. The molecule has 0 bridgehead atoms. The number of nitrogens with zero attached hydrogens (tertiary/aromatic N) is 1. The largest absolute Gasteiger partial charge is 0.395 e. The molecule has 24 heavy (non-hydrogen) atoms. The second-order valence-electron chi connectivity index (χ2n) is 7.85. The number of anilines is 1. The van der Waals surface area contributed by atoms with Gasteiger partial charge in [0.15, 0.2) is 0 Å². The van der Waals surface area contributed by atoms with Gasteiger partial charge in [-0.3, -0.25) is 10.1 Å². The first-order valence-corrected chi connectivity index (χ1v) is 8.49. The van der Waals surface area contributed by atoms with Gasteiger partial charge in [0.25, 0.3) is 0 Å². The van der Waals surface area contributed by atoms with E-state index < -0.39 is 11.0 Å². The molecule has 0 unspecified atom stereocenters. The maximum Gasteiger partial charge on any atom is 0.246 e. The lowest BCUT2D eigenvalue weighted by atomic mass is 9.90. The second-order valence-corrected chi connectivity index (χ2v) is 7.85. The lowest BCUT2D eigenvalue weighted by molar-refractivity contribution is -0.121. The fraction of sp³-hybridized carbons (Fsp3) is 0.765. The number of carbonyl (C=O) groups is 1. The Morgan fingerprint density at radius 1 is 1.29 bits per heavy atom. The van der Waals surface area contributed by atoms with Crippen LogP contribution >= 0.6 is 0 Å². The van der Waals surface area contributed by atoms with Crippen LogP contribution in [0.1, 0.15) is 59.1 Å². The second kappa shape index (κ2) is 7.21. The van der Waals surface area contributed by atoms with Gasteiger partial charge >= 0.3 is 0 Å². The number of rotatable bonds is 6. The summed E-state index contributed by atoms with van der Waals surface area (Å²) >= 11 is 0. The third-order valence-electron chi connectivity index (χ3n) is 4.66. The minimum absolute atomic E-state index is 0.0620. The van der Waals surface area contributed by atoms with Crippen molar-refractivity contribution in [1.29, 1.82) is 0 Å². The van der Waals surface area contributed by atoms with Gasteiger partial charge in [-0.25, -0.2) is 0 Å². The summed E-state index contributed by atoms with van der Waals surface area (Å²) in [6.45, 7) is 7.27. The fourth-order valence-corrected chi connectivity index (χ4v) is 2.80. The number of aliphatic hydroxyl groups excluding tert-OH is 2. The monoisotopic (exact) mass is 339 g/mol. The lowest BCUT2D eigenvalue weighted by Crippen LogP contribution is -2.54. The maximum absolute atomic E-state index is 12.5. The fourth-order valence-electron chi connectivity index (χ4n) is 2.80. The number of hydrogen-bond acceptors (Lipinski definition) is 6. The van der Waals surface area contributed by atoms with Gasteiger partial charge in [0, 0.05) is 17.5 Å². The third kappa shape index (κ3) is 4.55. The lowest BCUT2D eigenvalue weighted by Gasteiger charge is -2.33. The van der Waals surface area contributed by atoms with Gasteiger partial charge in [0.2, 0.25) is 11.8 Å². The first-order valence-electron chi connectivity index (χ1n) is 8.49. The molecule has 2 rings (SSSR count). The van der Waals surface area contributed by atoms with Gasteiger partial charge in [-0.05, 0) is 39.5 Å². The number of aromatic nitrogens is 1. The quantitative estimate of drug-likeness (QED) is 0.626. The van der Waals surface area contributed by atoms with E-state index in [0.717, 1.165) is 25.7 Å². The molecule has 1 aliphatic rings. The zero-order valence-electron chi connectivity index (χ0n) is 14.9. The summed E-state index contributed by atoms with van der Waals surface area (Å²) in [6, 6.07) is 1.86. The van der Waals surface area contributed by atoms with Crippen molar-refractivity contribution in [1.82, 2.24) is 10.5 Å². The summed E-state index contributed by atoms with van der Waals surface area (Å²) in [5.74, 6) is 0.0589. The molecule has 1 aromatic rings. The van der Waals surface area contributed by atoms with Gasteiger partial charge in [-0.1, -0.05) is 19.0 Å². The molecule has 7 heteroatoms. The van der Waals surface area contributed by atoms with Gasteiger partial charge in [0.05, 0.1) is 23.9 Å². The van der Waals surface area contributed by atoms with Crippen molar-refractivity contribution in [3.05, 3.63) is 11.8 Å². The molecule has 0 aliphatic heterocycles. The SMILES string of the molecule is CC(C)(N[C@H]1CC[C@@H](O)CC1)C(=O)Nc1cc(C(C)(C)CO)no1. The minimum Gasteiger partial charge on any atom is -0.395 e. The van der Waals surface area contributed by atoms with E-state index in [1.54, 1.807) is 6.07 Å². The number of hydrogen-bond donors (Lipinski definition) is 4. The number of nitrogens with one attached hydrogen (secondary N) is 2. The van der Waals surface area contributed by atoms with Crippen molar-refractivity contribution in [3.8, 4) is 0 Å². The molecule has 0 radical (unpaired) electrons. The van der Waals surface area contributed by atoms with Crippen molar-refractivity contribution in [2.45, 2.75) is 76.5 Å². The average molecular weight is 339 g/mol. The van der Waals surface area contributed by atoms with E-state index in [4.69, 9.17) is 4.52 Å². The standard InChI is InChI=1S/C17H29N3O4/c1-16(2,10-21)13-9-14(24-20-13)18-15(23)17(3,4)19-11-5-7-12(22)8-6-11/h9,11-12,19,21-22H,5-8,10H2,1-4H3,(H,18,23)/t11-,12+. The van der Waals surface area contributed by atoms with Crippen molar-refractivity contribution < 1.29 is 19.5 Å². The van der Waals surface area contributed by atoms with Crippen LogP contribution < -0.4 is 10.6 Å². The van der Waals surface area contributed by atoms with Crippen molar-refractivity contribution in [2.75, 3.05) is 11.9 Å². The van der Waals surface area contributed by atoms with Gasteiger partial charge in [-0.2, -0.15) is 0 Å². The molecular weight excluding hydrogens is 310 g/mol. The highest BCUT2D eigenvalue weighted by molar-refractivity contribution is 5.96. The van der Waals surface area contributed by atoms with Crippen molar-refractivity contribution in [3.63, 3.8) is 0 Å². The number of amides is 1. The highest BCUT2D eigenvalue weighted by Gasteiger charge is 2.33. The predicted molar refractivity (Wildman–Crippen MR) is 90.7 cm³/mol. The van der Waals surface area contributed by atoms with Crippen molar-refractivity contribution >= 4 is 11.8 Å². The first kappa shape index (κ1) is 18.9. The Labute approximate surface area is 142 Å². The molecule has 0 spiro atoms. The number of aliphatic hydroxyl groups is 2. The zero-order chi connectivity index (χ0) is 18.0. The summed E-state index contributed by atoms with van der Waals surface area (Å²) in [5.41, 5.74) is -0.706. The van der Waals surface area contributed by atoms with E-state index in [-0.39, 0.29) is 30.5 Å². The van der Waals surface area contributed by atoms with Crippen LogP contribution in [0.25, 0.3) is 0 Å². The van der Waals surface area contributed by atoms with Crippen LogP contribution in [0.5, 0.6) is 0 Å². The van der Waals surface area contributed by atoms with Crippen LogP contribution in [0.15, 0.2) is 10.6 Å². The Bertz CT molecular complexity index is 560. The van der Waals surface area contributed by atoms with E-state index in [1.165, 1.54) is 0 Å². The summed E-state index contributed by atoms with van der Waals surface area (Å²) in [6.07, 6.45) is 3.01. The Kier molecular flexibility index (Phi) is 5.67. The maximum atomic E-state index is 12.5. The van der Waals surface area contributed by atoms with Crippen LogP contribution in [0.3, 0.4) is 0 Å². The van der Waals surface area contributed by atoms with Crippen LogP contribution in [-0.2, 0) is 10.2 Å². The van der Waals surface area contributed by atoms with Gasteiger partial charge < -0.3 is 20.1 Å². The summed E-state index contributed by atoms with van der Waals surface area (Å²) in [4.78, 5) is 12.5. The molecule has 4 N–H and O–H groups in total. The summed E-state index contributed by atoms with van der Waals surface area (Å²) in [7, 11) is 0. The first-order chi connectivity index (χ1) is 11.1. The molecule has 0 atom stereocenters. The highest BCUT2D eigenvalue weighted by atomic mass is 16.5. The normalized spacial score (nSPS) is 22.4. The van der Waals surface area contributed by atoms with Gasteiger partial charge in [-0.15, -0.1) is 0 Å². The highest BCUT2D eigenvalue weighted by Crippen LogP contribution is 2.25. The van der Waals surface area contributed by atoms with Crippen LogP contribution in [0.4, 0.5) is 5.88 Å². The molecule has 1 heterocycles. The Morgan fingerprint density at radius 3 is 2.50 bits per heavy atom. The third-order valence-corrected chi connectivity index (χ3v) is 4.66. The Morgan fingerprint density at radius 2 is 1.92 bits per heavy atom. The molecule has 1 aliphatic carbocycles. The zero-order valence-corrected chi connectivity index (χ0v) is 14.9. The molecule has 1 aromatic heterocycles. The van der Waals surface area contributed by atoms with E-state index >= 15 is 0 Å². The smallest absolute Gasteiger partial charge is 0.246 e. The summed E-state index contributed by atoms with van der Waals surface area (Å²) < 4.78 is 5.17. The van der Waals surface area contributed by atoms with E-state index in [1.807, 2.05) is 27.7 Å². The van der Waals surface area contributed by atoms with E-state index in [0.29, 0.717) is 5.69 Å². The molecule has 0 saturated heterocycles.